The van der Waals surface area contributed by atoms with Crippen LogP contribution in [0.25, 0.3) is 0 Å². The molecule has 0 fully saturated rings. The predicted octanol–water partition coefficient (Wildman–Crippen LogP) is 4.24. The van der Waals surface area contributed by atoms with Gasteiger partial charge in [0.1, 0.15) is 0 Å². The van der Waals surface area contributed by atoms with Crippen molar-refractivity contribution >= 4 is 29.9 Å². The summed E-state index contributed by atoms with van der Waals surface area (Å²) in [6.45, 7) is 3.89. The van der Waals surface area contributed by atoms with E-state index in [-0.39, 0.29) is 0 Å². The van der Waals surface area contributed by atoms with E-state index >= 15 is 0 Å². The van der Waals surface area contributed by atoms with Gasteiger partial charge in [-0.1, -0.05) is 0 Å². The van der Waals surface area contributed by atoms with Crippen molar-refractivity contribution in [3.63, 3.8) is 0 Å². The summed E-state index contributed by atoms with van der Waals surface area (Å²) in [6.07, 6.45) is 5.40. The van der Waals surface area contributed by atoms with E-state index < -0.39 is 0 Å². The average molecular weight is 361 g/mol. The molecule has 0 aliphatic carbocycles. The molecule has 0 saturated carbocycles. The molecule has 0 nitrogen and oxygen atoms in total. The molecule has 1 radical (unpaired) electrons. The number of unbranched alkanes of at least 4 members (excludes halogenated alkanes) is 2. The van der Waals surface area contributed by atoms with Gasteiger partial charge in [-0.05, 0) is 0 Å². The predicted molar refractivity (Wildman–Crippen MR) is 79.9 cm³/mol. The zero-order valence-electron chi connectivity index (χ0n) is 10.6. The zero-order valence-corrected chi connectivity index (χ0v) is 14.0. The molecule has 0 unspecified atom stereocenters. The Morgan fingerprint density at radius 3 is 2.18 bits per heavy atom. The topological polar surface area (TPSA) is 0 Å². The Hall–Kier alpha value is 0.259. The van der Waals surface area contributed by atoms with Gasteiger partial charge in [-0.25, -0.2) is 0 Å². The van der Waals surface area contributed by atoms with E-state index in [1.54, 1.807) is 0 Å². The fourth-order valence-corrected chi connectivity index (χ4v) is 5.68. The number of rotatable bonds is 10. The standard InChI is InChI=1S/C15H23Se2/c1-2-3-11-16-12-7-8-13-17-14-15-9-5-4-6-10-15/h4-6,9-10H,1-3,7-8,11-14H2. The SMILES string of the molecule is [CH2]CCC[Se]CCCC[Se]Cc1ccccc1. The number of hydrogen-bond donors (Lipinski definition) is 0. The van der Waals surface area contributed by atoms with E-state index in [1.807, 2.05) is 0 Å². The molecule has 1 aromatic rings. The van der Waals surface area contributed by atoms with Crippen molar-refractivity contribution in [2.45, 2.75) is 47.0 Å². The van der Waals surface area contributed by atoms with E-state index in [4.69, 9.17) is 0 Å². The van der Waals surface area contributed by atoms with E-state index in [2.05, 4.69) is 37.3 Å². The second-order valence-corrected chi connectivity index (χ2v) is 8.95. The molecule has 1 rings (SSSR count). The summed E-state index contributed by atoms with van der Waals surface area (Å²) in [5, 5.41) is 5.73. The molecule has 2 heteroatoms. The minimum absolute atomic E-state index is 0.821. The van der Waals surface area contributed by atoms with E-state index in [0.717, 1.165) is 36.3 Å². The van der Waals surface area contributed by atoms with Gasteiger partial charge in [0.2, 0.25) is 0 Å². The fourth-order valence-electron chi connectivity index (χ4n) is 1.48. The van der Waals surface area contributed by atoms with Crippen LogP contribution in [-0.4, -0.2) is 29.9 Å². The number of hydrogen-bond acceptors (Lipinski definition) is 0. The Bertz CT molecular complexity index is 259. The van der Waals surface area contributed by atoms with Crippen LogP contribution in [0.1, 0.15) is 31.2 Å². The Labute approximate surface area is 119 Å². The molecule has 0 aliphatic heterocycles. The molecule has 0 amide bonds. The van der Waals surface area contributed by atoms with Crippen molar-refractivity contribution in [3.8, 4) is 0 Å². The third kappa shape index (κ3) is 8.91. The van der Waals surface area contributed by atoms with Gasteiger partial charge < -0.3 is 0 Å². The summed E-state index contributed by atoms with van der Waals surface area (Å²) >= 11 is 1.73. The number of benzene rings is 1. The van der Waals surface area contributed by atoms with Crippen LogP contribution in [-0.2, 0) is 5.32 Å². The molecule has 1 aromatic carbocycles. The van der Waals surface area contributed by atoms with Crippen LogP contribution in [0, 0.1) is 6.92 Å². The molecule has 0 N–H and O–H groups in total. The molecule has 0 spiro atoms. The zero-order chi connectivity index (χ0) is 12.2. The van der Waals surface area contributed by atoms with Crippen LogP contribution in [0.3, 0.4) is 0 Å². The molecule has 0 atom stereocenters. The van der Waals surface area contributed by atoms with Crippen LogP contribution in [0.15, 0.2) is 30.3 Å². The minimum atomic E-state index is 0.821. The van der Waals surface area contributed by atoms with E-state index in [9.17, 15) is 0 Å². The van der Waals surface area contributed by atoms with Crippen LogP contribution in [0.2, 0.25) is 16.0 Å². The molecule has 17 heavy (non-hydrogen) atoms. The van der Waals surface area contributed by atoms with Gasteiger partial charge in [0, 0.05) is 0 Å². The van der Waals surface area contributed by atoms with Crippen LogP contribution < -0.4 is 0 Å². The first-order chi connectivity index (χ1) is 8.43. The molecule has 0 saturated heterocycles. The van der Waals surface area contributed by atoms with Crippen LogP contribution in [0.4, 0.5) is 0 Å². The summed E-state index contributed by atoms with van der Waals surface area (Å²) in [7, 11) is 0. The van der Waals surface area contributed by atoms with Gasteiger partial charge in [0.15, 0.2) is 0 Å². The summed E-state index contributed by atoms with van der Waals surface area (Å²) in [5.41, 5.74) is 1.52. The fraction of sp³-hybridized carbons (Fsp3) is 0.533. The van der Waals surface area contributed by atoms with E-state index in [1.165, 1.54) is 46.1 Å². The molecule has 0 heterocycles. The van der Waals surface area contributed by atoms with Gasteiger partial charge in [-0.15, -0.1) is 0 Å². The van der Waals surface area contributed by atoms with Crippen LogP contribution >= 0.6 is 0 Å². The first kappa shape index (κ1) is 15.3. The molecule has 0 bridgehead atoms. The summed E-state index contributed by atoms with van der Waals surface area (Å²) in [4.78, 5) is 0. The van der Waals surface area contributed by atoms with Crippen LogP contribution in [0.5, 0.6) is 0 Å². The second kappa shape index (κ2) is 11.4. The average Bonchev–Trinajstić information content (AvgIpc) is 2.38. The van der Waals surface area contributed by atoms with Gasteiger partial charge >= 0.3 is 120 Å². The van der Waals surface area contributed by atoms with Crippen molar-refractivity contribution in [3.05, 3.63) is 42.8 Å². The van der Waals surface area contributed by atoms with Gasteiger partial charge in [0.25, 0.3) is 0 Å². The van der Waals surface area contributed by atoms with Crippen molar-refractivity contribution in [2.75, 3.05) is 0 Å². The summed E-state index contributed by atoms with van der Waals surface area (Å²) < 4.78 is 0. The Kier molecular flexibility index (Phi) is 10.2. The third-order valence-electron chi connectivity index (χ3n) is 2.48. The summed E-state index contributed by atoms with van der Waals surface area (Å²) in [5.74, 6) is 0. The normalized spacial score (nSPS) is 10.6. The molecule has 0 aliphatic rings. The third-order valence-corrected chi connectivity index (χ3v) is 7.24. The molecular weight excluding hydrogens is 338 g/mol. The Balaban J connectivity index is 1.85. The maximum absolute atomic E-state index is 3.89. The first-order valence-electron chi connectivity index (χ1n) is 6.42. The maximum atomic E-state index is 3.89. The Morgan fingerprint density at radius 1 is 0.824 bits per heavy atom. The van der Waals surface area contributed by atoms with Crippen molar-refractivity contribution in [1.82, 2.24) is 0 Å². The molecule has 0 aromatic heterocycles. The molecule has 95 valence electrons. The summed E-state index contributed by atoms with van der Waals surface area (Å²) in [6, 6.07) is 10.9. The van der Waals surface area contributed by atoms with E-state index in [0.29, 0.717) is 0 Å². The van der Waals surface area contributed by atoms with Crippen molar-refractivity contribution in [1.29, 1.82) is 0 Å². The van der Waals surface area contributed by atoms with Gasteiger partial charge in [0.05, 0.1) is 0 Å². The van der Waals surface area contributed by atoms with Gasteiger partial charge in [-0.3, -0.25) is 0 Å². The molecular formula is C15H23Se2. The Morgan fingerprint density at radius 2 is 1.47 bits per heavy atom. The van der Waals surface area contributed by atoms with Crippen molar-refractivity contribution in [2.24, 2.45) is 0 Å². The monoisotopic (exact) mass is 363 g/mol. The first-order valence-corrected chi connectivity index (χ1v) is 11.3. The quantitative estimate of drug-likeness (QED) is 0.432. The van der Waals surface area contributed by atoms with Gasteiger partial charge in [-0.2, -0.15) is 0 Å². The van der Waals surface area contributed by atoms with Crippen molar-refractivity contribution < 1.29 is 0 Å². The second-order valence-electron chi connectivity index (χ2n) is 4.06.